The lowest BCUT2D eigenvalue weighted by atomic mass is 10.0. The predicted molar refractivity (Wildman–Crippen MR) is 180 cm³/mol. The molecule has 0 radical (unpaired) electrons. The van der Waals surface area contributed by atoms with Crippen molar-refractivity contribution in [1.82, 2.24) is 30.8 Å². The fourth-order valence-electron chi connectivity index (χ4n) is 6.00. The highest BCUT2D eigenvalue weighted by Crippen LogP contribution is 2.40. The fraction of sp³-hybridized carbons (Fsp3) is 0.344. The first-order valence-electron chi connectivity index (χ1n) is 14.8. The van der Waals surface area contributed by atoms with Gasteiger partial charge in [0.25, 0.3) is 0 Å². The largest absolute Gasteiger partial charge is 0.358 e. The molecule has 2 aliphatic heterocycles. The zero-order valence-corrected chi connectivity index (χ0v) is 27.3. The van der Waals surface area contributed by atoms with Crippen molar-refractivity contribution in [2.24, 2.45) is 0 Å². The van der Waals surface area contributed by atoms with Crippen LogP contribution < -0.4 is 21.2 Å². The Bertz CT molecular complexity index is 1710. The summed E-state index contributed by atoms with van der Waals surface area (Å²) in [7, 11) is 0. The Labute approximate surface area is 272 Å². The van der Waals surface area contributed by atoms with Crippen LogP contribution in [-0.2, 0) is 0 Å². The van der Waals surface area contributed by atoms with E-state index >= 15 is 0 Å². The maximum atomic E-state index is 10.0. The highest BCUT2D eigenvalue weighted by molar-refractivity contribution is 7.07. The number of halogens is 2. The molecule has 44 heavy (non-hydrogen) atoms. The number of benzene rings is 2. The van der Waals surface area contributed by atoms with Gasteiger partial charge in [-0.25, -0.2) is 4.98 Å². The standard InChI is InChI=1S/C32H35Cl2N9S/c1-4-41-10-8-23(9-11-41)43-17-28(39-40-43)32(29-18-44-19-37-29)42(5-2)24-13-25-30(38-22-7-6-20(3)26(33)12-22)21(15-35)16-36-31(25)27(34)14-24/h6-7,12-14,16-19,23,32,39-40H,4-5,8-11H2,1-3H3,(H,36,38)/t32-/m1/s1. The van der Waals surface area contributed by atoms with Crippen molar-refractivity contribution in [3.63, 3.8) is 0 Å². The molecular weight excluding hydrogens is 613 g/mol. The predicted octanol–water partition coefficient (Wildman–Crippen LogP) is 7.14. The Morgan fingerprint density at radius 2 is 1.98 bits per heavy atom. The van der Waals surface area contributed by atoms with Crippen LogP contribution in [0.15, 0.2) is 59.3 Å². The first kappa shape index (κ1) is 30.4. The molecule has 2 aliphatic rings. The van der Waals surface area contributed by atoms with Gasteiger partial charge in [-0.15, -0.1) is 16.9 Å². The molecule has 1 atom stereocenters. The van der Waals surface area contributed by atoms with Gasteiger partial charge in [-0.1, -0.05) is 36.2 Å². The molecular formula is C32H35Cl2N9S. The molecule has 1 fully saturated rings. The van der Waals surface area contributed by atoms with E-state index < -0.39 is 0 Å². The van der Waals surface area contributed by atoms with Crippen molar-refractivity contribution in [2.75, 3.05) is 36.4 Å². The number of aromatic nitrogens is 2. The molecule has 4 heterocycles. The van der Waals surface area contributed by atoms with Gasteiger partial charge in [0.15, 0.2) is 0 Å². The minimum absolute atomic E-state index is 0.201. The molecule has 6 rings (SSSR count). The smallest absolute Gasteiger partial charge is 0.115 e. The van der Waals surface area contributed by atoms with Gasteiger partial charge >= 0.3 is 0 Å². The summed E-state index contributed by atoms with van der Waals surface area (Å²) >= 11 is 14.9. The van der Waals surface area contributed by atoms with Gasteiger partial charge in [-0.3, -0.25) is 9.99 Å². The minimum Gasteiger partial charge on any atom is -0.358 e. The molecule has 2 aromatic heterocycles. The normalized spacial score (nSPS) is 16.5. The number of hydrogen-bond acceptors (Lipinski definition) is 10. The summed E-state index contributed by atoms with van der Waals surface area (Å²) in [5, 5.41) is 19.6. The van der Waals surface area contributed by atoms with E-state index in [4.69, 9.17) is 28.2 Å². The zero-order valence-electron chi connectivity index (χ0n) is 24.9. The molecule has 228 valence electrons. The SMILES string of the molecule is CCN1CCC(N2C=C([C@H](c3cscn3)N(CC)c3cc(Cl)c4ncc(C#N)c(Nc5ccc(C)c(Cl)c5)c4c3)NN2)CC1. The van der Waals surface area contributed by atoms with Crippen LogP contribution in [0.25, 0.3) is 10.9 Å². The first-order valence-corrected chi connectivity index (χ1v) is 16.5. The maximum Gasteiger partial charge on any atom is 0.115 e. The summed E-state index contributed by atoms with van der Waals surface area (Å²) in [6, 6.07) is 12.2. The van der Waals surface area contributed by atoms with Crippen molar-refractivity contribution in [2.45, 2.75) is 45.7 Å². The van der Waals surface area contributed by atoms with Crippen LogP contribution in [0.1, 0.15) is 49.6 Å². The first-order chi connectivity index (χ1) is 21.4. The van der Waals surface area contributed by atoms with Crippen LogP contribution in [0.5, 0.6) is 0 Å². The molecule has 0 bridgehead atoms. The molecule has 2 aromatic carbocycles. The fourth-order valence-corrected chi connectivity index (χ4v) is 7.01. The topological polar surface area (TPSA) is 95.4 Å². The van der Waals surface area contributed by atoms with Gasteiger partial charge in [0.2, 0.25) is 0 Å². The Hall–Kier alpha value is -3.59. The van der Waals surface area contributed by atoms with Crippen molar-refractivity contribution >= 4 is 62.5 Å². The van der Waals surface area contributed by atoms with Crippen LogP contribution in [0.4, 0.5) is 17.1 Å². The number of fused-ring (bicyclic) bond motifs is 1. The summed E-state index contributed by atoms with van der Waals surface area (Å²) in [6.45, 7) is 10.3. The number of likely N-dealkylation sites (N-methyl/N-ethyl adjacent to an activating group) is 1. The number of nitriles is 1. The number of anilines is 3. The monoisotopic (exact) mass is 647 g/mol. The third-order valence-electron chi connectivity index (χ3n) is 8.49. The second-order valence-electron chi connectivity index (χ2n) is 11.1. The van der Waals surface area contributed by atoms with Crippen molar-refractivity contribution in [1.29, 1.82) is 5.26 Å². The second kappa shape index (κ2) is 13.2. The number of thiazole rings is 1. The Morgan fingerprint density at radius 1 is 1.16 bits per heavy atom. The van der Waals surface area contributed by atoms with E-state index in [1.54, 1.807) is 17.5 Å². The van der Waals surface area contributed by atoms with E-state index in [-0.39, 0.29) is 6.04 Å². The summed E-state index contributed by atoms with van der Waals surface area (Å²) in [5.41, 5.74) is 15.0. The Morgan fingerprint density at radius 3 is 2.66 bits per heavy atom. The molecule has 9 nitrogen and oxygen atoms in total. The molecule has 0 amide bonds. The lowest BCUT2D eigenvalue weighted by Gasteiger charge is -2.35. The van der Waals surface area contributed by atoms with E-state index in [0.717, 1.165) is 66.2 Å². The Kier molecular flexibility index (Phi) is 9.12. The number of nitrogens with one attached hydrogen (secondary N) is 3. The third kappa shape index (κ3) is 6.03. The molecule has 12 heteroatoms. The second-order valence-corrected chi connectivity index (χ2v) is 12.6. The molecule has 0 spiro atoms. The summed E-state index contributed by atoms with van der Waals surface area (Å²) < 4.78 is 0. The lowest BCUT2D eigenvalue weighted by Crippen LogP contribution is -2.48. The highest BCUT2D eigenvalue weighted by Gasteiger charge is 2.32. The third-order valence-corrected chi connectivity index (χ3v) is 9.79. The van der Waals surface area contributed by atoms with Gasteiger partial charge in [0.05, 0.1) is 38.7 Å². The number of piperidine rings is 1. The van der Waals surface area contributed by atoms with E-state index in [2.05, 4.69) is 73.6 Å². The van der Waals surface area contributed by atoms with Crippen LogP contribution in [-0.4, -0.2) is 52.1 Å². The summed E-state index contributed by atoms with van der Waals surface area (Å²) in [5.74, 6) is 0. The zero-order chi connectivity index (χ0) is 30.8. The number of nitrogens with zero attached hydrogens (tertiary/aromatic N) is 6. The van der Waals surface area contributed by atoms with Crippen LogP contribution in [0.2, 0.25) is 10.0 Å². The molecule has 4 aromatic rings. The number of pyridine rings is 1. The van der Waals surface area contributed by atoms with Gasteiger partial charge in [-0.2, -0.15) is 5.26 Å². The van der Waals surface area contributed by atoms with Crippen molar-refractivity contribution < 1.29 is 0 Å². The van der Waals surface area contributed by atoms with Crippen LogP contribution in [0, 0.1) is 18.3 Å². The van der Waals surface area contributed by atoms with E-state index in [1.807, 2.05) is 36.7 Å². The number of hydrogen-bond donors (Lipinski definition) is 3. The van der Waals surface area contributed by atoms with Crippen molar-refractivity contribution in [3.05, 3.63) is 86.2 Å². The molecule has 1 saturated heterocycles. The van der Waals surface area contributed by atoms with Gasteiger partial charge in [-0.05, 0) is 63.1 Å². The quantitative estimate of drug-likeness (QED) is 0.175. The van der Waals surface area contributed by atoms with Gasteiger partial charge in [0, 0.05) is 65.2 Å². The number of rotatable bonds is 9. The summed E-state index contributed by atoms with van der Waals surface area (Å²) in [4.78, 5) is 14.1. The number of aryl methyl sites for hydroxylation is 1. The molecule has 0 unspecified atom stereocenters. The number of likely N-dealkylation sites (tertiary alicyclic amines) is 1. The van der Waals surface area contributed by atoms with Crippen LogP contribution >= 0.6 is 34.5 Å². The van der Waals surface area contributed by atoms with Gasteiger partial charge < -0.3 is 20.5 Å². The van der Waals surface area contributed by atoms with E-state index in [0.29, 0.717) is 39.4 Å². The highest BCUT2D eigenvalue weighted by atomic mass is 35.5. The molecule has 0 aliphatic carbocycles. The molecule has 0 saturated carbocycles. The van der Waals surface area contributed by atoms with Crippen LogP contribution in [0.3, 0.4) is 0 Å². The van der Waals surface area contributed by atoms with E-state index in [9.17, 15) is 5.26 Å². The lowest BCUT2D eigenvalue weighted by molar-refractivity contribution is 0.112. The molecule has 3 N–H and O–H groups in total. The van der Waals surface area contributed by atoms with Crippen molar-refractivity contribution in [3.8, 4) is 6.07 Å². The Balaban J connectivity index is 1.40. The average Bonchev–Trinajstić information content (AvgIpc) is 3.75. The number of hydrazine groups is 2. The maximum absolute atomic E-state index is 10.0. The summed E-state index contributed by atoms with van der Waals surface area (Å²) in [6.07, 6.45) is 5.94. The van der Waals surface area contributed by atoms with E-state index in [1.165, 1.54) is 0 Å². The average molecular weight is 649 g/mol. The minimum atomic E-state index is -0.201. The van der Waals surface area contributed by atoms with Gasteiger partial charge in [0.1, 0.15) is 12.1 Å².